The number of nitrogens with zero attached hydrogens (tertiary/aromatic N) is 3. The first-order chi connectivity index (χ1) is 12.8. The predicted molar refractivity (Wildman–Crippen MR) is 105 cm³/mol. The van der Waals surface area contributed by atoms with Crippen LogP contribution in [0.2, 0.25) is 0 Å². The lowest BCUT2D eigenvalue weighted by atomic mass is 9.95. The number of anilines is 1. The van der Waals surface area contributed by atoms with E-state index in [4.69, 9.17) is 5.26 Å². The Bertz CT molecular complexity index is 990. The maximum atomic E-state index is 9.30. The second kappa shape index (κ2) is 7.00. The lowest BCUT2D eigenvalue weighted by molar-refractivity contribution is 0.417. The summed E-state index contributed by atoms with van der Waals surface area (Å²) < 4.78 is 0. The Kier molecular flexibility index (Phi) is 4.39. The molecule has 2 aromatic carbocycles. The third-order valence-electron chi connectivity index (χ3n) is 4.55. The van der Waals surface area contributed by atoms with Gasteiger partial charge in [-0.25, -0.2) is 0 Å². The molecular formula is C21H16N4S. The van der Waals surface area contributed by atoms with E-state index in [1.54, 1.807) is 16.7 Å². The molecule has 126 valence electrons. The zero-order chi connectivity index (χ0) is 17.9. The van der Waals surface area contributed by atoms with Gasteiger partial charge in [-0.15, -0.1) is 11.8 Å². The number of thioether (sulfide) groups is 1. The van der Waals surface area contributed by atoms with Crippen molar-refractivity contribution in [2.24, 2.45) is 0 Å². The maximum absolute atomic E-state index is 9.30. The lowest BCUT2D eigenvalue weighted by Crippen LogP contribution is -2.07. The summed E-state index contributed by atoms with van der Waals surface area (Å²) in [6.07, 6.45) is 6.49. The number of nitrogens with one attached hydrogen (secondary N) is 1. The van der Waals surface area contributed by atoms with Crippen LogP contribution in [-0.2, 0) is 13.1 Å². The number of rotatable bonds is 3. The quantitative estimate of drug-likeness (QED) is 0.816. The van der Waals surface area contributed by atoms with Crippen LogP contribution >= 0.6 is 11.8 Å². The van der Waals surface area contributed by atoms with E-state index in [2.05, 4.69) is 47.3 Å². The summed E-state index contributed by atoms with van der Waals surface area (Å²) in [7, 11) is 0. The Morgan fingerprint density at radius 3 is 2.62 bits per heavy atom. The number of allylic oxidation sites excluding steroid dienone is 1. The van der Waals surface area contributed by atoms with E-state index in [0.717, 1.165) is 28.3 Å². The first-order valence-electron chi connectivity index (χ1n) is 8.33. The molecule has 26 heavy (non-hydrogen) atoms. The van der Waals surface area contributed by atoms with Crippen LogP contribution in [0.1, 0.15) is 16.7 Å². The van der Waals surface area contributed by atoms with E-state index < -0.39 is 0 Å². The van der Waals surface area contributed by atoms with E-state index in [0.29, 0.717) is 18.7 Å². The van der Waals surface area contributed by atoms with Gasteiger partial charge in [0.25, 0.3) is 0 Å². The van der Waals surface area contributed by atoms with Gasteiger partial charge in [-0.3, -0.25) is 0 Å². The molecule has 0 radical (unpaired) electrons. The number of hydrogen-bond acceptors (Lipinski definition) is 5. The van der Waals surface area contributed by atoms with Crippen LogP contribution in [0, 0.1) is 22.8 Å². The summed E-state index contributed by atoms with van der Waals surface area (Å²) >= 11 is 1.77. The van der Waals surface area contributed by atoms with Gasteiger partial charge in [0.1, 0.15) is 0 Å². The molecule has 0 amide bonds. The number of fused-ring (bicyclic) bond motifs is 1. The molecule has 1 N–H and O–H groups in total. The fraction of sp³-hybridized carbons (Fsp3) is 0.143. The Labute approximate surface area is 157 Å². The van der Waals surface area contributed by atoms with Crippen molar-refractivity contribution in [3.05, 3.63) is 76.3 Å². The standard InChI is InChI=1S/C21H16N4S/c22-11-15-1-3-16(4-2-15)20-10-19(24-18-5-7-26-8-6-18)9-17-12-25(14-23)13-21(17)20/h1-7,9-10,24H,8,12-13H2. The Hall–Kier alpha value is -3.15. The van der Waals surface area contributed by atoms with Crippen molar-refractivity contribution < 1.29 is 0 Å². The Morgan fingerprint density at radius 2 is 1.92 bits per heavy atom. The van der Waals surface area contributed by atoms with Gasteiger partial charge in [-0.05, 0) is 58.0 Å². The van der Waals surface area contributed by atoms with Crippen LogP contribution in [0.3, 0.4) is 0 Å². The van der Waals surface area contributed by atoms with Gasteiger partial charge in [0.05, 0.1) is 24.7 Å². The van der Waals surface area contributed by atoms with Crippen LogP contribution in [-0.4, -0.2) is 10.7 Å². The van der Waals surface area contributed by atoms with Crippen molar-refractivity contribution in [3.63, 3.8) is 0 Å². The average Bonchev–Trinajstić information content (AvgIpc) is 3.11. The molecule has 0 saturated carbocycles. The molecule has 2 aromatic rings. The zero-order valence-electron chi connectivity index (χ0n) is 14.1. The molecule has 2 heterocycles. The number of nitriles is 2. The van der Waals surface area contributed by atoms with Crippen LogP contribution < -0.4 is 5.32 Å². The summed E-state index contributed by atoms with van der Waals surface area (Å²) in [5.41, 5.74) is 7.29. The Balaban J connectivity index is 1.76. The van der Waals surface area contributed by atoms with Gasteiger partial charge in [0, 0.05) is 17.1 Å². The largest absolute Gasteiger partial charge is 0.356 e. The Morgan fingerprint density at radius 1 is 1.08 bits per heavy atom. The van der Waals surface area contributed by atoms with Crippen LogP contribution in [0.15, 0.2) is 59.7 Å². The minimum atomic E-state index is 0.626. The summed E-state index contributed by atoms with van der Waals surface area (Å²) in [6, 6.07) is 14.1. The van der Waals surface area contributed by atoms with Crippen molar-refractivity contribution in [3.8, 4) is 23.4 Å². The van der Waals surface area contributed by atoms with Crippen LogP contribution in [0.5, 0.6) is 0 Å². The summed E-state index contributed by atoms with van der Waals surface area (Å²) in [5, 5.41) is 23.9. The van der Waals surface area contributed by atoms with Gasteiger partial charge in [-0.2, -0.15) is 10.5 Å². The lowest BCUT2D eigenvalue weighted by Gasteiger charge is -2.15. The zero-order valence-corrected chi connectivity index (χ0v) is 14.9. The van der Waals surface area contributed by atoms with Crippen molar-refractivity contribution >= 4 is 17.4 Å². The smallest absolute Gasteiger partial charge is 0.179 e. The molecule has 0 spiro atoms. The second-order valence-corrected chi connectivity index (χ2v) is 7.17. The molecule has 2 aliphatic rings. The average molecular weight is 356 g/mol. The molecule has 0 saturated heterocycles. The van der Waals surface area contributed by atoms with Crippen molar-refractivity contribution in [1.29, 1.82) is 10.5 Å². The van der Waals surface area contributed by atoms with E-state index >= 15 is 0 Å². The van der Waals surface area contributed by atoms with E-state index in [9.17, 15) is 5.26 Å². The van der Waals surface area contributed by atoms with E-state index in [-0.39, 0.29) is 0 Å². The molecule has 0 fully saturated rings. The minimum absolute atomic E-state index is 0.626. The first kappa shape index (κ1) is 16.3. The third kappa shape index (κ3) is 3.18. The first-order valence-corrected chi connectivity index (χ1v) is 9.38. The van der Waals surface area contributed by atoms with Crippen LogP contribution in [0.4, 0.5) is 5.69 Å². The molecule has 0 atom stereocenters. The highest BCUT2D eigenvalue weighted by Crippen LogP contribution is 2.36. The molecule has 2 aliphatic heterocycles. The van der Waals surface area contributed by atoms with Gasteiger partial charge < -0.3 is 10.2 Å². The minimum Gasteiger partial charge on any atom is -0.356 e. The summed E-state index contributed by atoms with van der Waals surface area (Å²) in [6.45, 7) is 1.26. The van der Waals surface area contributed by atoms with E-state index in [1.807, 2.05) is 24.3 Å². The monoisotopic (exact) mass is 356 g/mol. The second-order valence-electron chi connectivity index (χ2n) is 6.23. The topological polar surface area (TPSA) is 62.9 Å². The summed E-state index contributed by atoms with van der Waals surface area (Å²) in [5.74, 6) is 0.967. The molecular weight excluding hydrogens is 340 g/mol. The van der Waals surface area contributed by atoms with Gasteiger partial charge in [0.15, 0.2) is 6.19 Å². The predicted octanol–water partition coefficient (Wildman–Crippen LogP) is 4.58. The van der Waals surface area contributed by atoms with Crippen molar-refractivity contribution in [2.75, 3.05) is 11.1 Å². The fourth-order valence-corrected chi connectivity index (χ4v) is 3.91. The van der Waals surface area contributed by atoms with E-state index in [1.165, 1.54) is 11.1 Å². The SMILES string of the molecule is N#Cc1ccc(-c2cc(NC3=CCSC=C3)cc3c2CN(C#N)C3)cc1. The highest BCUT2D eigenvalue weighted by atomic mass is 32.2. The summed E-state index contributed by atoms with van der Waals surface area (Å²) in [4.78, 5) is 1.76. The van der Waals surface area contributed by atoms with Gasteiger partial charge in [-0.1, -0.05) is 18.2 Å². The molecule has 5 heteroatoms. The molecule has 4 rings (SSSR count). The third-order valence-corrected chi connectivity index (χ3v) is 5.24. The molecule has 0 unspecified atom stereocenters. The number of hydrogen-bond donors (Lipinski definition) is 1. The van der Waals surface area contributed by atoms with Gasteiger partial charge >= 0.3 is 0 Å². The molecule has 0 bridgehead atoms. The fourth-order valence-electron chi connectivity index (χ4n) is 3.28. The molecule has 0 aliphatic carbocycles. The van der Waals surface area contributed by atoms with Crippen LogP contribution in [0.25, 0.3) is 11.1 Å². The number of benzene rings is 2. The normalized spacial score (nSPS) is 15.0. The highest BCUT2D eigenvalue weighted by Gasteiger charge is 2.22. The molecule has 0 aromatic heterocycles. The maximum Gasteiger partial charge on any atom is 0.179 e. The molecule has 4 nitrogen and oxygen atoms in total. The van der Waals surface area contributed by atoms with Crippen molar-refractivity contribution in [2.45, 2.75) is 13.1 Å². The van der Waals surface area contributed by atoms with Gasteiger partial charge in [0.2, 0.25) is 0 Å². The van der Waals surface area contributed by atoms with Crippen molar-refractivity contribution in [1.82, 2.24) is 4.90 Å². The highest BCUT2D eigenvalue weighted by molar-refractivity contribution is 8.02.